The summed E-state index contributed by atoms with van der Waals surface area (Å²) in [5.41, 5.74) is 6.34. The fraction of sp³-hybridized carbons (Fsp3) is 0.100. The molecule has 3 N–H and O–H groups in total. The molecule has 0 saturated carbocycles. The third kappa shape index (κ3) is 2.94. The maximum absolute atomic E-state index is 13.3. The zero-order valence-electron chi connectivity index (χ0n) is 12.9. The van der Waals surface area contributed by atoms with Gasteiger partial charge in [0.15, 0.2) is 0 Å². The van der Waals surface area contributed by atoms with Gasteiger partial charge in [0.1, 0.15) is 17.2 Å². The van der Waals surface area contributed by atoms with Gasteiger partial charge < -0.3 is 10.8 Å². The van der Waals surface area contributed by atoms with Gasteiger partial charge in [0.2, 0.25) is 0 Å². The first-order chi connectivity index (χ1) is 11.5. The van der Waals surface area contributed by atoms with Crippen LogP contribution in [0.5, 0.6) is 0 Å². The summed E-state index contributed by atoms with van der Waals surface area (Å²) in [5, 5.41) is 11.5. The minimum absolute atomic E-state index is 0.409. The summed E-state index contributed by atoms with van der Waals surface area (Å²) in [7, 11) is 0. The molecule has 3 aromatic rings. The van der Waals surface area contributed by atoms with E-state index in [2.05, 4.69) is 0 Å². The Bertz CT molecular complexity index is 756. The standard InChI is InChI=1S/C20H17F2NO/c21-17-10-6-15(7-11-17)20(24,16-8-12-18(22)13-9-16)19(23)14-4-2-1-3-5-14/h1-13,19,24H,23H2. The van der Waals surface area contributed by atoms with Crippen molar-refractivity contribution in [3.05, 3.63) is 107 Å². The van der Waals surface area contributed by atoms with E-state index in [1.165, 1.54) is 48.5 Å². The molecule has 1 unspecified atom stereocenters. The van der Waals surface area contributed by atoms with E-state index in [9.17, 15) is 13.9 Å². The average molecular weight is 325 g/mol. The molecular weight excluding hydrogens is 308 g/mol. The minimum atomic E-state index is -1.62. The van der Waals surface area contributed by atoms with Gasteiger partial charge in [0.05, 0.1) is 6.04 Å². The molecule has 0 heterocycles. The molecule has 2 nitrogen and oxygen atoms in total. The molecule has 4 heteroatoms. The predicted octanol–water partition coefficient (Wildman–Crippen LogP) is 3.90. The highest BCUT2D eigenvalue weighted by Crippen LogP contribution is 2.39. The van der Waals surface area contributed by atoms with Crippen LogP contribution in [0.15, 0.2) is 78.9 Å². The molecule has 3 aromatic carbocycles. The summed E-state index contributed by atoms with van der Waals surface area (Å²) in [5.74, 6) is -0.818. The zero-order valence-corrected chi connectivity index (χ0v) is 12.9. The quantitative estimate of drug-likeness (QED) is 0.764. The van der Waals surface area contributed by atoms with Crippen molar-refractivity contribution in [3.8, 4) is 0 Å². The van der Waals surface area contributed by atoms with Gasteiger partial charge >= 0.3 is 0 Å². The van der Waals surface area contributed by atoms with Crippen molar-refractivity contribution < 1.29 is 13.9 Å². The summed E-state index contributed by atoms with van der Waals surface area (Å²) < 4.78 is 26.6. The first kappa shape index (κ1) is 16.3. The second kappa shape index (κ2) is 6.51. The van der Waals surface area contributed by atoms with Gasteiger partial charge in [-0.05, 0) is 41.0 Å². The fourth-order valence-corrected chi connectivity index (χ4v) is 2.84. The number of hydrogen-bond donors (Lipinski definition) is 2. The highest BCUT2D eigenvalue weighted by molar-refractivity contribution is 5.41. The monoisotopic (exact) mass is 325 g/mol. The number of halogens is 2. The van der Waals surface area contributed by atoms with E-state index in [0.717, 1.165) is 0 Å². The first-order valence-electron chi connectivity index (χ1n) is 7.57. The molecule has 0 aliphatic rings. The van der Waals surface area contributed by atoms with Crippen molar-refractivity contribution in [1.82, 2.24) is 0 Å². The van der Waals surface area contributed by atoms with Crippen LogP contribution < -0.4 is 5.73 Å². The fourth-order valence-electron chi connectivity index (χ4n) is 2.84. The molecule has 0 aromatic heterocycles. The van der Waals surface area contributed by atoms with E-state index in [4.69, 9.17) is 5.73 Å². The van der Waals surface area contributed by atoms with Crippen molar-refractivity contribution in [2.75, 3.05) is 0 Å². The van der Waals surface area contributed by atoms with E-state index < -0.39 is 23.3 Å². The van der Waals surface area contributed by atoms with Gasteiger partial charge in [-0.3, -0.25) is 0 Å². The Labute approximate surface area is 139 Å². The lowest BCUT2D eigenvalue weighted by molar-refractivity contribution is 0.0511. The largest absolute Gasteiger partial charge is 0.378 e. The van der Waals surface area contributed by atoms with Crippen LogP contribution in [0.2, 0.25) is 0 Å². The average Bonchev–Trinajstić information content (AvgIpc) is 2.62. The molecule has 0 radical (unpaired) electrons. The highest BCUT2D eigenvalue weighted by atomic mass is 19.1. The van der Waals surface area contributed by atoms with Crippen LogP contribution in [0.1, 0.15) is 22.7 Å². The van der Waals surface area contributed by atoms with Gasteiger partial charge in [-0.25, -0.2) is 8.78 Å². The van der Waals surface area contributed by atoms with E-state index in [1.807, 2.05) is 30.3 Å². The summed E-state index contributed by atoms with van der Waals surface area (Å²) in [6, 6.07) is 19.3. The molecule has 0 spiro atoms. The number of nitrogens with two attached hydrogens (primary N) is 1. The van der Waals surface area contributed by atoms with Crippen LogP contribution in [-0.2, 0) is 5.60 Å². The van der Waals surface area contributed by atoms with Crippen LogP contribution in [0.3, 0.4) is 0 Å². The van der Waals surface area contributed by atoms with Crippen LogP contribution in [-0.4, -0.2) is 5.11 Å². The molecule has 0 saturated heterocycles. The van der Waals surface area contributed by atoms with E-state index in [0.29, 0.717) is 16.7 Å². The van der Waals surface area contributed by atoms with Gasteiger partial charge in [0.25, 0.3) is 0 Å². The van der Waals surface area contributed by atoms with Crippen molar-refractivity contribution in [1.29, 1.82) is 0 Å². The zero-order chi connectivity index (χ0) is 17.2. The molecule has 0 aliphatic heterocycles. The second-order valence-corrected chi connectivity index (χ2v) is 5.67. The Morgan fingerprint density at radius 3 is 1.54 bits per heavy atom. The smallest absolute Gasteiger partial charge is 0.134 e. The number of rotatable bonds is 4. The van der Waals surface area contributed by atoms with Gasteiger partial charge in [-0.1, -0.05) is 54.6 Å². The van der Waals surface area contributed by atoms with Gasteiger partial charge in [-0.15, -0.1) is 0 Å². The molecule has 24 heavy (non-hydrogen) atoms. The minimum Gasteiger partial charge on any atom is -0.378 e. The SMILES string of the molecule is NC(c1ccccc1)C(O)(c1ccc(F)cc1)c1ccc(F)cc1. The molecule has 3 rings (SSSR count). The first-order valence-corrected chi connectivity index (χ1v) is 7.57. The summed E-state index contributed by atoms with van der Waals surface area (Å²) in [4.78, 5) is 0. The normalized spacial score (nSPS) is 12.8. The third-order valence-corrected chi connectivity index (χ3v) is 4.18. The predicted molar refractivity (Wildman–Crippen MR) is 89.2 cm³/mol. The van der Waals surface area contributed by atoms with Crippen molar-refractivity contribution >= 4 is 0 Å². The summed E-state index contributed by atoms with van der Waals surface area (Å²) >= 11 is 0. The van der Waals surface area contributed by atoms with Crippen LogP contribution in [0.4, 0.5) is 8.78 Å². The van der Waals surface area contributed by atoms with Crippen molar-refractivity contribution in [2.24, 2.45) is 5.73 Å². The summed E-state index contributed by atoms with van der Waals surface area (Å²) in [6.07, 6.45) is 0. The van der Waals surface area contributed by atoms with Gasteiger partial charge in [0, 0.05) is 0 Å². The number of hydrogen-bond acceptors (Lipinski definition) is 2. The Kier molecular flexibility index (Phi) is 4.42. The van der Waals surface area contributed by atoms with E-state index in [1.54, 1.807) is 0 Å². The van der Waals surface area contributed by atoms with E-state index >= 15 is 0 Å². The lowest BCUT2D eigenvalue weighted by atomic mass is 9.78. The lowest BCUT2D eigenvalue weighted by Gasteiger charge is -2.35. The Morgan fingerprint density at radius 1 is 0.708 bits per heavy atom. The van der Waals surface area contributed by atoms with Crippen LogP contribution in [0, 0.1) is 11.6 Å². The molecule has 0 fully saturated rings. The number of aliphatic hydroxyl groups is 1. The number of benzene rings is 3. The summed E-state index contributed by atoms with van der Waals surface area (Å²) in [6.45, 7) is 0. The molecule has 0 amide bonds. The molecular formula is C20H17F2NO. The third-order valence-electron chi connectivity index (χ3n) is 4.18. The Balaban J connectivity index is 2.16. The highest BCUT2D eigenvalue weighted by Gasteiger charge is 2.39. The van der Waals surface area contributed by atoms with Crippen molar-refractivity contribution in [3.63, 3.8) is 0 Å². The molecule has 1 atom stereocenters. The maximum atomic E-state index is 13.3. The van der Waals surface area contributed by atoms with Gasteiger partial charge in [-0.2, -0.15) is 0 Å². The maximum Gasteiger partial charge on any atom is 0.134 e. The van der Waals surface area contributed by atoms with E-state index in [-0.39, 0.29) is 0 Å². The van der Waals surface area contributed by atoms with Crippen LogP contribution >= 0.6 is 0 Å². The lowest BCUT2D eigenvalue weighted by Crippen LogP contribution is -2.39. The molecule has 0 aliphatic carbocycles. The Hall–Kier alpha value is -2.56. The molecule has 122 valence electrons. The second-order valence-electron chi connectivity index (χ2n) is 5.67. The molecule has 0 bridgehead atoms. The van der Waals surface area contributed by atoms with Crippen molar-refractivity contribution in [2.45, 2.75) is 11.6 Å². The topological polar surface area (TPSA) is 46.2 Å². The Morgan fingerprint density at radius 2 is 1.12 bits per heavy atom. The van der Waals surface area contributed by atoms with Crippen LogP contribution in [0.25, 0.3) is 0 Å².